The lowest BCUT2D eigenvalue weighted by molar-refractivity contribution is -0.150. The van der Waals surface area contributed by atoms with Gasteiger partial charge in [-0.3, -0.25) is 9.69 Å². The molecule has 0 spiro atoms. The van der Waals surface area contributed by atoms with Crippen molar-refractivity contribution in [2.24, 2.45) is 0 Å². The summed E-state index contributed by atoms with van der Waals surface area (Å²) in [5, 5.41) is 2.29. The van der Waals surface area contributed by atoms with Crippen LogP contribution in [0.2, 0.25) is 0 Å². The van der Waals surface area contributed by atoms with Crippen LogP contribution in [0.5, 0.6) is 0 Å². The molecule has 1 unspecified atom stereocenters. The van der Waals surface area contributed by atoms with Crippen LogP contribution in [0.1, 0.15) is 20.8 Å². The van der Waals surface area contributed by atoms with Gasteiger partial charge in [-0.2, -0.15) is 0 Å². The molecule has 7 heteroatoms. The largest absolute Gasteiger partial charge is 0.467 e. The van der Waals surface area contributed by atoms with Gasteiger partial charge in [0.1, 0.15) is 5.60 Å². The fourth-order valence-corrected chi connectivity index (χ4v) is 1.13. The summed E-state index contributed by atoms with van der Waals surface area (Å²) in [6.07, 6.45) is -0.776. The van der Waals surface area contributed by atoms with Crippen molar-refractivity contribution in [3.8, 4) is 0 Å². The summed E-state index contributed by atoms with van der Waals surface area (Å²) in [5.41, 5.74) is -0.714. The van der Waals surface area contributed by atoms with Gasteiger partial charge in [0.2, 0.25) is 6.04 Å². The van der Waals surface area contributed by atoms with Crippen molar-refractivity contribution in [3.63, 3.8) is 0 Å². The quantitative estimate of drug-likeness (QED) is 0.576. The number of likely N-dealkylation sites (N-methyl/N-ethyl adjacent to an activating group) is 2. The van der Waals surface area contributed by atoms with Crippen LogP contribution >= 0.6 is 0 Å². The topological polar surface area (TPSA) is 84.9 Å². The van der Waals surface area contributed by atoms with E-state index >= 15 is 0 Å². The molecule has 0 aliphatic carbocycles. The van der Waals surface area contributed by atoms with Crippen molar-refractivity contribution in [3.05, 3.63) is 0 Å². The monoisotopic (exact) mass is 260 g/mol. The first-order valence-electron chi connectivity index (χ1n) is 5.39. The van der Waals surface area contributed by atoms with Crippen LogP contribution in [0.3, 0.4) is 0 Å². The number of nitrogens with zero attached hydrogens (tertiary/aromatic N) is 1. The average molecular weight is 260 g/mol. The number of methoxy groups -OCH3 is 1. The number of esters is 1. The van der Waals surface area contributed by atoms with E-state index in [0.29, 0.717) is 0 Å². The maximum absolute atomic E-state index is 11.8. The highest BCUT2D eigenvalue weighted by molar-refractivity contribution is 6.03. The van der Waals surface area contributed by atoms with E-state index in [1.807, 2.05) is 0 Å². The van der Waals surface area contributed by atoms with Gasteiger partial charge in [0.05, 0.1) is 7.11 Å². The Morgan fingerprint density at radius 1 is 1.22 bits per heavy atom. The Morgan fingerprint density at radius 3 is 2.06 bits per heavy atom. The average Bonchev–Trinajstić information content (AvgIpc) is 2.26. The number of ether oxygens (including phenoxy) is 2. The van der Waals surface area contributed by atoms with Crippen molar-refractivity contribution in [2.75, 3.05) is 21.2 Å². The second kappa shape index (κ2) is 6.23. The number of hydrogen-bond donors (Lipinski definition) is 1. The van der Waals surface area contributed by atoms with E-state index < -0.39 is 29.6 Å². The van der Waals surface area contributed by atoms with E-state index in [2.05, 4.69) is 10.1 Å². The van der Waals surface area contributed by atoms with Crippen LogP contribution in [-0.4, -0.2) is 55.7 Å². The molecular formula is C11H20N2O5. The molecule has 1 atom stereocenters. The standard InChI is InChI=1S/C11H20N2O5/c1-11(2,3)18-10(16)13(5)7(8(14)12-4)9(15)17-6/h7H,1-6H3,(H,12,14). The van der Waals surface area contributed by atoms with Crippen LogP contribution in [0.25, 0.3) is 0 Å². The zero-order valence-electron chi connectivity index (χ0n) is 11.6. The molecule has 7 nitrogen and oxygen atoms in total. The summed E-state index contributed by atoms with van der Waals surface area (Å²) in [7, 11) is 3.80. The molecule has 0 aromatic carbocycles. The minimum atomic E-state index is -1.37. The lowest BCUT2D eigenvalue weighted by Gasteiger charge is -2.28. The van der Waals surface area contributed by atoms with Crippen molar-refractivity contribution in [1.29, 1.82) is 0 Å². The van der Waals surface area contributed by atoms with Crippen LogP contribution in [0.15, 0.2) is 0 Å². The zero-order valence-corrected chi connectivity index (χ0v) is 11.6. The Hall–Kier alpha value is -1.79. The number of rotatable bonds is 3. The fourth-order valence-electron chi connectivity index (χ4n) is 1.13. The highest BCUT2D eigenvalue weighted by Crippen LogP contribution is 2.11. The molecule has 0 aliphatic heterocycles. The Balaban J connectivity index is 4.97. The molecule has 0 radical (unpaired) electrons. The third-order valence-corrected chi connectivity index (χ3v) is 1.99. The molecule has 0 heterocycles. The van der Waals surface area contributed by atoms with Gasteiger partial charge in [-0.05, 0) is 20.8 Å². The third-order valence-electron chi connectivity index (χ3n) is 1.99. The van der Waals surface area contributed by atoms with Gasteiger partial charge in [0.25, 0.3) is 5.91 Å². The molecule has 0 aromatic heterocycles. The maximum atomic E-state index is 11.8. The second-order valence-corrected chi connectivity index (χ2v) is 4.63. The maximum Gasteiger partial charge on any atom is 0.411 e. The fraction of sp³-hybridized carbons (Fsp3) is 0.727. The number of carbonyl (C=O) groups excluding carboxylic acids is 3. The summed E-state index contributed by atoms with van der Waals surface area (Å²) in [6, 6.07) is -1.37. The summed E-state index contributed by atoms with van der Waals surface area (Å²) >= 11 is 0. The predicted octanol–water partition coefficient (Wildman–Crippen LogP) is 0.141. The minimum absolute atomic E-state index is 0.643. The molecule has 0 aliphatic rings. The smallest absolute Gasteiger partial charge is 0.411 e. The molecule has 104 valence electrons. The van der Waals surface area contributed by atoms with Gasteiger partial charge in [0, 0.05) is 14.1 Å². The van der Waals surface area contributed by atoms with E-state index in [1.54, 1.807) is 20.8 Å². The number of hydrogen-bond acceptors (Lipinski definition) is 5. The van der Waals surface area contributed by atoms with E-state index in [-0.39, 0.29) is 0 Å². The zero-order chi connectivity index (χ0) is 14.5. The molecule has 0 fully saturated rings. The normalized spacial score (nSPS) is 12.3. The van der Waals surface area contributed by atoms with Gasteiger partial charge in [-0.1, -0.05) is 0 Å². The Kier molecular flexibility index (Phi) is 5.61. The lowest BCUT2D eigenvalue weighted by Crippen LogP contribution is -2.52. The second-order valence-electron chi connectivity index (χ2n) is 4.63. The molecule has 0 rings (SSSR count). The van der Waals surface area contributed by atoms with Crippen LogP contribution < -0.4 is 5.32 Å². The Morgan fingerprint density at radius 2 is 1.72 bits per heavy atom. The first-order chi connectivity index (χ1) is 8.14. The van der Waals surface area contributed by atoms with Crippen LogP contribution in [-0.2, 0) is 19.1 Å². The van der Waals surface area contributed by atoms with Crippen molar-refractivity contribution in [1.82, 2.24) is 10.2 Å². The summed E-state index contributed by atoms with van der Waals surface area (Å²) < 4.78 is 9.56. The lowest BCUT2D eigenvalue weighted by atomic mass is 10.2. The van der Waals surface area contributed by atoms with Gasteiger partial charge in [-0.15, -0.1) is 0 Å². The Bertz CT molecular complexity index is 319. The molecule has 0 saturated carbocycles. The van der Waals surface area contributed by atoms with Gasteiger partial charge in [0.15, 0.2) is 0 Å². The summed E-state index contributed by atoms with van der Waals surface area (Å²) in [4.78, 5) is 35.7. The molecule has 2 amide bonds. The summed E-state index contributed by atoms with van der Waals surface area (Å²) in [5.74, 6) is -1.47. The number of nitrogens with one attached hydrogen (secondary N) is 1. The minimum Gasteiger partial charge on any atom is -0.467 e. The van der Waals surface area contributed by atoms with Gasteiger partial charge >= 0.3 is 12.1 Å². The van der Waals surface area contributed by atoms with E-state index in [9.17, 15) is 14.4 Å². The third kappa shape index (κ3) is 4.60. The highest BCUT2D eigenvalue weighted by atomic mass is 16.6. The number of carbonyl (C=O) groups is 3. The molecular weight excluding hydrogens is 240 g/mol. The van der Waals surface area contributed by atoms with Crippen molar-refractivity contribution < 1.29 is 23.9 Å². The number of amides is 2. The van der Waals surface area contributed by atoms with Crippen LogP contribution in [0, 0.1) is 0 Å². The van der Waals surface area contributed by atoms with Gasteiger partial charge in [-0.25, -0.2) is 9.59 Å². The van der Waals surface area contributed by atoms with Crippen molar-refractivity contribution >= 4 is 18.0 Å². The van der Waals surface area contributed by atoms with E-state index in [4.69, 9.17) is 4.74 Å². The molecule has 18 heavy (non-hydrogen) atoms. The van der Waals surface area contributed by atoms with Crippen LogP contribution in [0.4, 0.5) is 4.79 Å². The predicted molar refractivity (Wildman–Crippen MR) is 63.9 cm³/mol. The summed E-state index contributed by atoms with van der Waals surface area (Å²) in [6.45, 7) is 5.06. The Labute approximate surface area is 106 Å². The van der Waals surface area contributed by atoms with Gasteiger partial charge < -0.3 is 14.8 Å². The SMILES string of the molecule is CNC(=O)C(C(=O)OC)N(C)C(=O)OC(C)(C)C. The highest BCUT2D eigenvalue weighted by Gasteiger charge is 2.36. The van der Waals surface area contributed by atoms with E-state index in [1.165, 1.54) is 14.1 Å². The van der Waals surface area contributed by atoms with Crippen molar-refractivity contribution in [2.45, 2.75) is 32.4 Å². The first-order valence-corrected chi connectivity index (χ1v) is 5.39. The molecule has 0 aromatic rings. The molecule has 0 bridgehead atoms. The van der Waals surface area contributed by atoms with E-state index in [0.717, 1.165) is 12.0 Å². The molecule has 0 saturated heterocycles. The first kappa shape index (κ1) is 16.2. The molecule has 1 N–H and O–H groups in total.